The number of rotatable bonds is 8. The van der Waals surface area contributed by atoms with Gasteiger partial charge in [0.1, 0.15) is 0 Å². The van der Waals surface area contributed by atoms with Crippen molar-refractivity contribution in [3.8, 4) is 11.5 Å². The number of carbonyl (C=O) groups excluding carboxylic acids is 2. The minimum atomic E-state index is -0.398. The monoisotopic (exact) mass is 477 g/mol. The van der Waals surface area contributed by atoms with Gasteiger partial charge in [-0.25, -0.2) is 0 Å². The Labute approximate surface area is 195 Å². The Hall–Kier alpha value is -2.41. The Morgan fingerprint density at radius 3 is 2.52 bits per heavy atom. The van der Waals surface area contributed by atoms with E-state index in [0.717, 1.165) is 27.8 Å². The molecule has 0 aromatic heterocycles. The lowest BCUT2D eigenvalue weighted by Crippen LogP contribution is -2.27. The van der Waals surface area contributed by atoms with Crippen molar-refractivity contribution in [2.45, 2.75) is 19.9 Å². The molecule has 1 aliphatic rings. The van der Waals surface area contributed by atoms with E-state index in [4.69, 9.17) is 32.7 Å². The van der Waals surface area contributed by atoms with Crippen LogP contribution >= 0.6 is 35.0 Å². The van der Waals surface area contributed by atoms with E-state index < -0.39 is 5.91 Å². The van der Waals surface area contributed by atoms with Gasteiger partial charge in [0.15, 0.2) is 11.5 Å². The SMILES string of the molecule is C=CCc1cc(/C=C2\SC(=O)N(Cc3c(Cl)cccc3Cl)C2=O)cc(OCC)c1OC. The van der Waals surface area contributed by atoms with Gasteiger partial charge < -0.3 is 9.47 Å². The summed E-state index contributed by atoms with van der Waals surface area (Å²) in [6.07, 6.45) is 4.00. The number of halogens is 2. The first-order chi connectivity index (χ1) is 14.9. The van der Waals surface area contributed by atoms with Crippen LogP contribution in [0.25, 0.3) is 6.08 Å². The third kappa shape index (κ3) is 5.09. The van der Waals surface area contributed by atoms with Gasteiger partial charge in [-0.15, -0.1) is 6.58 Å². The van der Waals surface area contributed by atoms with Crippen LogP contribution in [-0.4, -0.2) is 29.8 Å². The van der Waals surface area contributed by atoms with Gasteiger partial charge in [0.25, 0.3) is 11.1 Å². The number of benzene rings is 2. The van der Waals surface area contributed by atoms with Crippen LogP contribution in [0.3, 0.4) is 0 Å². The summed E-state index contributed by atoms with van der Waals surface area (Å²) in [5.74, 6) is 0.795. The van der Waals surface area contributed by atoms with Gasteiger partial charge in [0.2, 0.25) is 0 Å². The van der Waals surface area contributed by atoms with Crippen LogP contribution in [-0.2, 0) is 17.8 Å². The highest BCUT2D eigenvalue weighted by molar-refractivity contribution is 8.18. The molecule has 0 aliphatic carbocycles. The molecule has 1 fully saturated rings. The maximum atomic E-state index is 12.9. The van der Waals surface area contributed by atoms with E-state index in [1.54, 1.807) is 43.5 Å². The number of hydrogen-bond donors (Lipinski definition) is 0. The molecule has 3 rings (SSSR count). The van der Waals surface area contributed by atoms with Gasteiger partial charge in [-0.1, -0.05) is 35.3 Å². The summed E-state index contributed by atoms with van der Waals surface area (Å²) in [4.78, 5) is 26.9. The first kappa shape index (κ1) is 23.3. The van der Waals surface area contributed by atoms with Crippen molar-refractivity contribution in [2.24, 2.45) is 0 Å². The molecular weight excluding hydrogens is 457 g/mol. The number of carbonyl (C=O) groups is 2. The van der Waals surface area contributed by atoms with Crippen molar-refractivity contribution in [1.82, 2.24) is 4.90 Å². The van der Waals surface area contributed by atoms with E-state index in [1.165, 1.54) is 0 Å². The average molecular weight is 478 g/mol. The second-order valence-electron chi connectivity index (χ2n) is 6.61. The summed E-state index contributed by atoms with van der Waals surface area (Å²) in [6, 6.07) is 8.73. The molecule has 162 valence electrons. The molecule has 1 saturated heterocycles. The molecule has 1 aliphatic heterocycles. The topological polar surface area (TPSA) is 55.8 Å². The molecular formula is C23H21Cl2NO4S. The Balaban J connectivity index is 1.94. The molecule has 2 amide bonds. The molecule has 0 N–H and O–H groups in total. The molecule has 0 spiro atoms. The number of allylic oxidation sites excluding steroid dienone is 1. The minimum absolute atomic E-state index is 0.00896. The number of hydrogen-bond acceptors (Lipinski definition) is 5. The molecule has 0 unspecified atom stereocenters. The molecule has 0 radical (unpaired) electrons. The standard InChI is InChI=1S/C23H21Cl2NO4S/c1-4-7-15-10-14(11-19(30-5-2)21(15)29-3)12-20-22(27)26(23(28)31-20)13-16-17(24)8-6-9-18(16)25/h4,6,8-12H,1,5,7,13H2,2-3H3/b20-12-. The first-order valence-electron chi connectivity index (χ1n) is 9.52. The number of thioether (sulfide) groups is 1. The number of methoxy groups -OCH3 is 1. The summed E-state index contributed by atoms with van der Waals surface area (Å²) in [5.41, 5.74) is 2.13. The summed E-state index contributed by atoms with van der Waals surface area (Å²) in [7, 11) is 1.58. The summed E-state index contributed by atoms with van der Waals surface area (Å²) in [6.45, 7) is 6.13. The van der Waals surface area contributed by atoms with Crippen LogP contribution in [0, 0.1) is 0 Å². The molecule has 5 nitrogen and oxygen atoms in total. The fourth-order valence-electron chi connectivity index (χ4n) is 3.20. The summed E-state index contributed by atoms with van der Waals surface area (Å²) in [5, 5.41) is 0.430. The normalized spacial score (nSPS) is 15.0. The van der Waals surface area contributed by atoms with Crippen molar-refractivity contribution in [3.05, 3.63) is 74.6 Å². The highest BCUT2D eigenvalue weighted by Gasteiger charge is 2.35. The smallest absolute Gasteiger partial charge is 0.293 e. The van der Waals surface area contributed by atoms with Crippen LogP contribution in [0.5, 0.6) is 11.5 Å². The van der Waals surface area contributed by atoms with Gasteiger partial charge >= 0.3 is 0 Å². The molecule has 0 bridgehead atoms. The molecule has 1 heterocycles. The predicted molar refractivity (Wildman–Crippen MR) is 126 cm³/mol. The van der Waals surface area contributed by atoms with E-state index in [1.807, 2.05) is 13.0 Å². The fourth-order valence-corrected chi connectivity index (χ4v) is 4.55. The van der Waals surface area contributed by atoms with Crippen LogP contribution < -0.4 is 9.47 Å². The maximum Gasteiger partial charge on any atom is 0.293 e. The lowest BCUT2D eigenvalue weighted by atomic mass is 10.0. The quantitative estimate of drug-likeness (QED) is 0.326. The van der Waals surface area contributed by atoms with Crippen molar-refractivity contribution in [1.29, 1.82) is 0 Å². The van der Waals surface area contributed by atoms with Gasteiger partial charge in [0, 0.05) is 21.2 Å². The Bertz CT molecular complexity index is 1050. The summed E-state index contributed by atoms with van der Waals surface area (Å²) >= 11 is 13.3. The fraction of sp³-hybridized carbons (Fsp3) is 0.217. The van der Waals surface area contributed by atoms with Crippen LogP contribution in [0.1, 0.15) is 23.6 Å². The largest absolute Gasteiger partial charge is 0.493 e. The zero-order valence-corrected chi connectivity index (χ0v) is 19.4. The third-order valence-electron chi connectivity index (χ3n) is 4.57. The van der Waals surface area contributed by atoms with E-state index in [0.29, 0.717) is 45.0 Å². The van der Waals surface area contributed by atoms with Gasteiger partial charge in [-0.05, 0) is 61.0 Å². The molecule has 2 aromatic rings. The predicted octanol–water partition coefficient (Wildman–Crippen LogP) is 6.37. The second-order valence-corrected chi connectivity index (χ2v) is 8.41. The van der Waals surface area contributed by atoms with E-state index >= 15 is 0 Å². The lowest BCUT2D eigenvalue weighted by molar-refractivity contribution is -0.123. The van der Waals surface area contributed by atoms with Crippen LogP contribution in [0.2, 0.25) is 10.0 Å². The number of nitrogens with zero attached hydrogens (tertiary/aromatic N) is 1. The van der Waals surface area contributed by atoms with Crippen molar-refractivity contribution in [3.63, 3.8) is 0 Å². The Morgan fingerprint density at radius 1 is 1.19 bits per heavy atom. The molecule has 2 aromatic carbocycles. The lowest BCUT2D eigenvalue weighted by Gasteiger charge is -2.15. The number of ether oxygens (including phenoxy) is 2. The van der Waals surface area contributed by atoms with Crippen LogP contribution in [0.4, 0.5) is 4.79 Å². The van der Waals surface area contributed by atoms with Crippen molar-refractivity contribution >= 4 is 52.2 Å². The highest BCUT2D eigenvalue weighted by Crippen LogP contribution is 2.38. The summed E-state index contributed by atoms with van der Waals surface area (Å²) < 4.78 is 11.2. The van der Waals surface area contributed by atoms with Gasteiger partial charge in [0.05, 0.1) is 25.2 Å². The molecule has 31 heavy (non-hydrogen) atoms. The maximum absolute atomic E-state index is 12.9. The Morgan fingerprint density at radius 2 is 1.90 bits per heavy atom. The molecule has 8 heteroatoms. The van der Waals surface area contributed by atoms with E-state index in [9.17, 15) is 9.59 Å². The van der Waals surface area contributed by atoms with Gasteiger partial charge in [-0.3, -0.25) is 14.5 Å². The van der Waals surface area contributed by atoms with Crippen LogP contribution in [0.15, 0.2) is 47.9 Å². The number of amides is 2. The number of imide groups is 1. The third-order valence-corrected chi connectivity index (χ3v) is 6.19. The van der Waals surface area contributed by atoms with Crippen molar-refractivity contribution in [2.75, 3.05) is 13.7 Å². The Kier molecular flexibility index (Phi) is 7.70. The van der Waals surface area contributed by atoms with E-state index in [-0.39, 0.29) is 11.8 Å². The zero-order chi connectivity index (χ0) is 22.5. The highest BCUT2D eigenvalue weighted by atomic mass is 35.5. The van der Waals surface area contributed by atoms with E-state index in [2.05, 4.69) is 6.58 Å². The second kappa shape index (κ2) is 10.3. The van der Waals surface area contributed by atoms with Crippen molar-refractivity contribution < 1.29 is 19.1 Å². The molecule has 0 atom stereocenters. The zero-order valence-electron chi connectivity index (χ0n) is 17.1. The average Bonchev–Trinajstić information content (AvgIpc) is 2.98. The minimum Gasteiger partial charge on any atom is -0.493 e. The first-order valence-corrected chi connectivity index (χ1v) is 11.1. The van der Waals surface area contributed by atoms with Gasteiger partial charge in [-0.2, -0.15) is 0 Å². The molecule has 0 saturated carbocycles.